The highest BCUT2D eigenvalue weighted by Gasteiger charge is 2.12. The first-order chi connectivity index (χ1) is 9.66. The van der Waals surface area contributed by atoms with E-state index in [-0.39, 0.29) is 12.5 Å². The van der Waals surface area contributed by atoms with E-state index >= 15 is 0 Å². The smallest absolute Gasteiger partial charge is 0.255 e. The van der Waals surface area contributed by atoms with Crippen molar-refractivity contribution in [3.63, 3.8) is 0 Å². The summed E-state index contributed by atoms with van der Waals surface area (Å²) in [6.45, 7) is 1.82. The molecule has 0 aliphatic rings. The lowest BCUT2D eigenvalue weighted by Gasteiger charge is -2.12. The Morgan fingerprint density at radius 2 is 1.80 bits per heavy atom. The van der Waals surface area contributed by atoms with Gasteiger partial charge in [0, 0.05) is 6.54 Å². The van der Waals surface area contributed by atoms with E-state index in [0.29, 0.717) is 17.1 Å². The molecule has 0 saturated carbocycles. The molecule has 0 fully saturated rings. The van der Waals surface area contributed by atoms with Crippen LogP contribution in [0.4, 0.5) is 0 Å². The molecule has 0 aliphatic carbocycles. The fourth-order valence-corrected chi connectivity index (χ4v) is 1.69. The Labute approximate surface area is 118 Å². The van der Waals surface area contributed by atoms with Crippen LogP contribution in [0.15, 0.2) is 54.6 Å². The number of aliphatic hydroxyl groups excluding tert-OH is 1. The molecular formula is C16H17NO3. The molecule has 2 N–H and O–H groups in total. The van der Waals surface area contributed by atoms with Gasteiger partial charge in [-0.3, -0.25) is 4.79 Å². The van der Waals surface area contributed by atoms with Gasteiger partial charge in [-0.15, -0.1) is 0 Å². The Balaban J connectivity index is 2.16. The number of benzene rings is 2. The van der Waals surface area contributed by atoms with E-state index in [2.05, 4.69) is 5.32 Å². The van der Waals surface area contributed by atoms with Gasteiger partial charge in [0.2, 0.25) is 0 Å². The molecule has 1 amide bonds. The van der Waals surface area contributed by atoms with Crippen LogP contribution in [0.1, 0.15) is 17.3 Å². The number of amides is 1. The normalized spacial score (nSPS) is 11.7. The van der Waals surface area contributed by atoms with Crippen molar-refractivity contribution in [3.05, 3.63) is 60.2 Å². The minimum Gasteiger partial charge on any atom is -0.457 e. The van der Waals surface area contributed by atoms with Crippen molar-refractivity contribution in [3.8, 4) is 11.5 Å². The number of ether oxygens (including phenoxy) is 1. The summed E-state index contributed by atoms with van der Waals surface area (Å²) in [7, 11) is 0. The molecule has 104 valence electrons. The maximum absolute atomic E-state index is 12.1. The monoisotopic (exact) mass is 271 g/mol. The van der Waals surface area contributed by atoms with Crippen LogP contribution in [0, 0.1) is 0 Å². The number of hydrogen-bond acceptors (Lipinski definition) is 3. The summed E-state index contributed by atoms with van der Waals surface area (Å²) in [5.74, 6) is 0.891. The lowest BCUT2D eigenvalue weighted by molar-refractivity contribution is 0.0921. The van der Waals surface area contributed by atoms with E-state index in [1.807, 2.05) is 36.4 Å². The number of aliphatic hydroxyl groups is 1. The zero-order valence-electron chi connectivity index (χ0n) is 11.2. The Morgan fingerprint density at radius 3 is 2.50 bits per heavy atom. The minimum atomic E-state index is -0.582. The summed E-state index contributed by atoms with van der Waals surface area (Å²) in [6, 6.07) is 16.3. The molecule has 1 unspecified atom stereocenters. The third kappa shape index (κ3) is 3.83. The molecule has 0 saturated heterocycles. The predicted octanol–water partition coefficient (Wildman–Crippen LogP) is 2.59. The molecule has 0 bridgehead atoms. The van der Waals surface area contributed by atoms with Gasteiger partial charge in [0.1, 0.15) is 11.5 Å². The lowest BCUT2D eigenvalue weighted by Crippen LogP contribution is -2.30. The molecule has 2 aromatic rings. The van der Waals surface area contributed by atoms with Gasteiger partial charge < -0.3 is 15.2 Å². The zero-order chi connectivity index (χ0) is 14.4. The molecule has 2 aromatic carbocycles. The van der Waals surface area contributed by atoms with Crippen LogP contribution in [0.3, 0.4) is 0 Å². The summed E-state index contributed by atoms with van der Waals surface area (Å²) in [5, 5.41) is 11.9. The van der Waals surface area contributed by atoms with E-state index in [0.717, 1.165) is 0 Å². The van der Waals surface area contributed by atoms with Crippen LogP contribution in [0.2, 0.25) is 0 Å². The van der Waals surface area contributed by atoms with E-state index < -0.39 is 6.10 Å². The zero-order valence-corrected chi connectivity index (χ0v) is 11.2. The summed E-state index contributed by atoms with van der Waals surface area (Å²) < 4.78 is 5.71. The second kappa shape index (κ2) is 6.73. The van der Waals surface area contributed by atoms with Gasteiger partial charge in [-0.05, 0) is 31.2 Å². The highest BCUT2D eigenvalue weighted by Crippen LogP contribution is 2.24. The van der Waals surface area contributed by atoms with Crippen LogP contribution >= 0.6 is 0 Å². The number of rotatable bonds is 5. The first-order valence-corrected chi connectivity index (χ1v) is 6.45. The molecule has 20 heavy (non-hydrogen) atoms. The first-order valence-electron chi connectivity index (χ1n) is 6.45. The molecular weight excluding hydrogens is 254 g/mol. The number of carbonyl (C=O) groups excluding carboxylic acids is 1. The van der Waals surface area contributed by atoms with E-state index in [1.54, 1.807) is 25.1 Å². The Bertz CT molecular complexity index is 567. The van der Waals surface area contributed by atoms with Gasteiger partial charge in [-0.25, -0.2) is 0 Å². The average molecular weight is 271 g/mol. The average Bonchev–Trinajstić information content (AvgIpc) is 2.46. The van der Waals surface area contributed by atoms with Crippen molar-refractivity contribution in [1.29, 1.82) is 0 Å². The molecule has 0 aliphatic heterocycles. The van der Waals surface area contributed by atoms with Gasteiger partial charge in [0.15, 0.2) is 0 Å². The van der Waals surface area contributed by atoms with Crippen LogP contribution in [0.5, 0.6) is 11.5 Å². The number of hydrogen-bond donors (Lipinski definition) is 2. The quantitative estimate of drug-likeness (QED) is 0.878. The second-order valence-corrected chi connectivity index (χ2v) is 4.47. The summed E-state index contributed by atoms with van der Waals surface area (Å²) in [4.78, 5) is 12.1. The van der Waals surface area contributed by atoms with Crippen LogP contribution in [-0.2, 0) is 0 Å². The molecule has 1 atom stereocenters. The topological polar surface area (TPSA) is 58.6 Å². The van der Waals surface area contributed by atoms with E-state index in [4.69, 9.17) is 4.74 Å². The summed E-state index contributed by atoms with van der Waals surface area (Å²) in [6.07, 6.45) is -0.582. The molecule has 2 rings (SSSR count). The van der Waals surface area contributed by atoms with Crippen molar-refractivity contribution in [1.82, 2.24) is 5.32 Å². The minimum absolute atomic E-state index is 0.207. The summed E-state index contributed by atoms with van der Waals surface area (Å²) in [5.41, 5.74) is 0.442. The maximum atomic E-state index is 12.1. The number of nitrogens with one attached hydrogen (secondary N) is 1. The Kier molecular flexibility index (Phi) is 4.74. The van der Waals surface area contributed by atoms with Crippen LogP contribution in [0.25, 0.3) is 0 Å². The van der Waals surface area contributed by atoms with Gasteiger partial charge in [-0.1, -0.05) is 30.3 Å². The van der Waals surface area contributed by atoms with Gasteiger partial charge >= 0.3 is 0 Å². The highest BCUT2D eigenvalue weighted by atomic mass is 16.5. The van der Waals surface area contributed by atoms with Crippen LogP contribution < -0.4 is 10.1 Å². The Morgan fingerprint density at radius 1 is 1.15 bits per heavy atom. The van der Waals surface area contributed by atoms with Gasteiger partial charge in [0.25, 0.3) is 5.91 Å². The lowest BCUT2D eigenvalue weighted by atomic mass is 10.2. The van der Waals surface area contributed by atoms with Gasteiger partial charge in [0.05, 0.1) is 11.7 Å². The molecule has 0 spiro atoms. The maximum Gasteiger partial charge on any atom is 0.255 e. The second-order valence-electron chi connectivity index (χ2n) is 4.47. The van der Waals surface area contributed by atoms with E-state index in [1.165, 1.54) is 0 Å². The number of carbonyl (C=O) groups is 1. The van der Waals surface area contributed by atoms with Crippen LogP contribution in [-0.4, -0.2) is 23.7 Å². The molecule has 4 heteroatoms. The third-order valence-corrected chi connectivity index (χ3v) is 2.66. The SMILES string of the molecule is CC(O)CNC(=O)c1ccccc1Oc1ccccc1. The van der Waals surface area contributed by atoms with Crippen molar-refractivity contribution >= 4 is 5.91 Å². The third-order valence-electron chi connectivity index (χ3n) is 2.66. The molecule has 0 aromatic heterocycles. The highest BCUT2D eigenvalue weighted by molar-refractivity contribution is 5.97. The standard InChI is InChI=1S/C16H17NO3/c1-12(18)11-17-16(19)14-9-5-6-10-15(14)20-13-7-3-2-4-8-13/h2-10,12,18H,11H2,1H3,(H,17,19). The summed E-state index contributed by atoms with van der Waals surface area (Å²) >= 11 is 0. The van der Waals surface area contributed by atoms with E-state index in [9.17, 15) is 9.90 Å². The van der Waals surface area contributed by atoms with Gasteiger partial charge in [-0.2, -0.15) is 0 Å². The van der Waals surface area contributed by atoms with Crippen molar-refractivity contribution < 1.29 is 14.6 Å². The van der Waals surface area contributed by atoms with Crippen molar-refractivity contribution in [2.24, 2.45) is 0 Å². The Hall–Kier alpha value is -2.33. The molecule has 4 nitrogen and oxygen atoms in total. The predicted molar refractivity (Wildman–Crippen MR) is 77.0 cm³/mol. The van der Waals surface area contributed by atoms with Crippen molar-refractivity contribution in [2.45, 2.75) is 13.0 Å². The molecule has 0 radical (unpaired) electrons. The molecule has 0 heterocycles. The first kappa shape index (κ1) is 14.1. The number of para-hydroxylation sites is 2. The fourth-order valence-electron chi connectivity index (χ4n) is 1.69. The largest absolute Gasteiger partial charge is 0.457 e. The van der Waals surface area contributed by atoms with Crippen molar-refractivity contribution in [2.75, 3.05) is 6.54 Å². The fraction of sp³-hybridized carbons (Fsp3) is 0.188.